The Morgan fingerprint density at radius 2 is 2.29 bits per heavy atom. The fourth-order valence-electron chi connectivity index (χ4n) is 2.41. The van der Waals surface area contributed by atoms with E-state index < -0.39 is 10.0 Å². The maximum atomic E-state index is 12.5. The quantitative estimate of drug-likeness (QED) is 0.816. The van der Waals surface area contributed by atoms with Crippen LogP contribution in [-0.4, -0.2) is 48.4 Å². The van der Waals surface area contributed by atoms with Crippen LogP contribution < -0.4 is 0 Å². The fraction of sp³-hybridized carbons (Fsp3) is 0.692. The van der Waals surface area contributed by atoms with E-state index in [-0.39, 0.29) is 23.5 Å². The van der Waals surface area contributed by atoms with Gasteiger partial charge in [0.2, 0.25) is 0 Å². The molecule has 1 fully saturated rings. The number of nitrogens with one attached hydrogen (secondary N) is 1. The summed E-state index contributed by atoms with van der Waals surface area (Å²) in [6.45, 7) is 4.53. The summed E-state index contributed by atoms with van der Waals surface area (Å²) in [5.41, 5.74) is 0. The first-order valence-electron chi connectivity index (χ1n) is 7.19. The lowest BCUT2D eigenvalue weighted by Crippen LogP contribution is -2.42. The Balaban J connectivity index is 2.14. The first kappa shape index (κ1) is 16.0. The van der Waals surface area contributed by atoms with Crippen molar-refractivity contribution in [1.82, 2.24) is 14.3 Å². The summed E-state index contributed by atoms with van der Waals surface area (Å²) in [6.07, 6.45) is 3.29. The van der Waals surface area contributed by atoms with Gasteiger partial charge in [-0.25, -0.2) is 13.4 Å². The Morgan fingerprint density at radius 1 is 1.52 bits per heavy atom. The lowest BCUT2D eigenvalue weighted by atomic mass is 10.0. The highest BCUT2D eigenvalue weighted by atomic mass is 32.2. The minimum atomic E-state index is -3.63. The van der Waals surface area contributed by atoms with E-state index in [4.69, 9.17) is 4.74 Å². The summed E-state index contributed by atoms with van der Waals surface area (Å²) in [4.78, 5) is 18.6. The molecule has 0 saturated carbocycles. The van der Waals surface area contributed by atoms with Crippen molar-refractivity contribution in [2.45, 2.75) is 38.1 Å². The Labute approximate surface area is 124 Å². The van der Waals surface area contributed by atoms with E-state index in [2.05, 4.69) is 9.97 Å². The largest absolute Gasteiger partial charge is 0.466 e. The molecule has 1 saturated heterocycles. The first-order chi connectivity index (χ1) is 9.98. The van der Waals surface area contributed by atoms with Crippen molar-refractivity contribution in [3.8, 4) is 0 Å². The first-order valence-corrected chi connectivity index (χ1v) is 8.63. The summed E-state index contributed by atoms with van der Waals surface area (Å²) in [7, 11) is -3.63. The maximum Gasteiger partial charge on any atom is 0.310 e. The predicted molar refractivity (Wildman–Crippen MR) is 76.1 cm³/mol. The van der Waals surface area contributed by atoms with Crippen molar-refractivity contribution in [3.63, 3.8) is 0 Å². The average molecular weight is 315 g/mol. The summed E-state index contributed by atoms with van der Waals surface area (Å²) >= 11 is 0. The Morgan fingerprint density at radius 3 is 2.90 bits per heavy atom. The monoisotopic (exact) mass is 315 g/mol. The highest BCUT2D eigenvalue weighted by molar-refractivity contribution is 7.89. The van der Waals surface area contributed by atoms with E-state index in [1.165, 1.54) is 10.5 Å². The minimum Gasteiger partial charge on any atom is -0.466 e. The molecule has 0 aromatic carbocycles. The molecular weight excluding hydrogens is 294 g/mol. The second-order valence-electron chi connectivity index (χ2n) is 5.00. The number of hydrogen-bond acceptors (Lipinski definition) is 5. The number of H-pyrrole nitrogens is 1. The van der Waals surface area contributed by atoms with Gasteiger partial charge in [0.05, 0.1) is 18.7 Å². The molecule has 8 heteroatoms. The van der Waals surface area contributed by atoms with Gasteiger partial charge in [0.15, 0.2) is 5.03 Å². The summed E-state index contributed by atoms with van der Waals surface area (Å²) in [5, 5.41) is 0.0869. The number of carbonyl (C=O) groups is 1. The molecule has 2 rings (SSSR count). The number of imidazole rings is 1. The molecule has 0 radical (unpaired) electrons. The van der Waals surface area contributed by atoms with Gasteiger partial charge in [-0.05, 0) is 19.8 Å². The number of esters is 1. The van der Waals surface area contributed by atoms with Crippen LogP contribution in [0.1, 0.15) is 32.5 Å². The number of piperidine rings is 1. The number of aryl methyl sites for hydroxylation is 1. The lowest BCUT2D eigenvalue weighted by Gasteiger charge is -2.30. The van der Waals surface area contributed by atoms with Crippen LogP contribution >= 0.6 is 0 Å². The molecule has 0 amide bonds. The van der Waals surface area contributed by atoms with Gasteiger partial charge < -0.3 is 9.72 Å². The van der Waals surface area contributed by atoms with E-state index in [9.17, 15) is 13.2 Å². The molecule has 0 aliphatic carbocycles. The molecule has 1 aromatic heterocycles. The summed E-state index contributed by atoms with van der Waals surface area (Å²) in [6, 6.07) is 0. The number of rotatable bonds is 5. The number of carbonyl (C=O) groups excluding carboxylic acids is 1. The van der Waals surface area contributed by atoms with Crippen molar-refractivity contribution in [2.75, 3.05) is 19.7 Å². The van der Waals surface area contributed by atoms with Crippen LogP contribution in [0.25, 0.3) is 0 Å². The van der Waals surface area contributed by atoms with E-state index in [0.717, 1.165) is 0 Å². The molecule has 7 nitrogen and oxygen atoms in total. The molecule has 2 heterocycles. The fourth-order valence-corrected chi connectivity index (χ4v) is 3.86. The average Bonchev–Trinajstić information content (AvgIpc) is 2.97. The number of aromatic nitrogens is 2. The third kappa shape index (κ3) is 3.44. The molecule has 21 heavy (non-hydrogen) atoms. The van der Waals surface area contributed by atoms with Crippen LogP contribution in [0.5, 0.6) is 0 Å². The van der Waals surface area contributed by atoms with Gasteiger partial charge in [-0.15, -0.1) is 0 Å². The van der Waals surface area contributed by atoms with Crippen molar-refractivity contribution in [3.05, 3.63) is 12.0 Å². The van der Waals surface area contributed by atoms with Crippen molar-refractivity contribution >= 4 is 16.0 Å². The zero-order valence-corrected chi connectivity index (χ0v) is 13.1. The third-order valence-electron chi connectivity index (χ3n) is 3.56. The van der Waals surface area contributed by atoms with Gasteiger partial charge in [0.25, 0.3) is 10.0 Å². The Bertz CT molecular complexity index is 596. The highest BCUT2D eigenvalue weighted by Crippen LogP contribution is 2.23. The van der Waals surface area contributed by atoms with Gasteiger partial charge in [0, 0.05) is 19.5 Å². The van der Waals surface area contributed by atoms with Crippen LogP contribution in [0.3, 0.4) is 0 Å². The maximum absolute atomic E-state index is 12.5. The number of aromatic amines is 1. The minimum absolute atomic E-state index is 0.0869. The van der Waals surface area contributed by atoms with Crippen molar-refractivity contribution in [1.29, 1.82) is 0 Å². The van der Waals surface area contributed by atoms with E-state index >= 15 is 0 Å². The Kier molecular flexibility index (Phi) is 5.00. The second-order valence-corrected chi connectivity index (χ2v) is 6.91. The van der Waals surface area contributed by atoms with Gasteiger partial charge in [-0.1, -0.05) is 6.92 Å². The second kappa shape index (κ2) is 6.57. The van der Waals surface area contributed by atoms with Crippen molar-refractivity contribution in [2.24, 2.45) is 5.92 Å². The van der Waals surface area contributed by atoms with Crippen LogP contribution in [0.15, 0.2) is 11.2 Å². The van der Waals surface area contributed by atoms with E-state index in [0.29, 0.717) is 38.2 Å². The van der Waals surface area contributed by atoms with E-state index in [1.54, 1.807) is 6.92 Å². The SMILES string of the molecule is CCOC(=O)C1CCCN(S(=O)(=O)c2cnc(CC)[nH]2)C1. The highest BCUT2D eigenvalue weighted by Gasteiger charge is 2.34. The van der Waals surface area contributed by atoms with E-state index in [1.807, 2.05) is 6.92 Å². The zero-order chi connectivity index (χ0) is 15.5. The lowest BCUT2D eigenvalue weighted by molar-refractivity contribution is -0.149. The zero-order valence-electron chi connectivity index (χ0n) is 12.3. The third-order valence-corrected chi connectivity index (χ3v) is 5.34. The van der Waals surface area contributed by atoms with Crippen LogP contribution in [0, 0.1) is 5.92 Å². The number of hydrogen-bond donors (Lipinski definition) is 1. The molecule has 118 valence electrons. The van der Waals surface area contributed by atoms with Crippen LogP contribution in [-0.2, 0) is 26.0 Å². The molecule has 0 spiro atoms. The topological polar surface area (TPSA) is 92.4 Å². The molecule has 0 bridgehead atoms. The Hall–Kier alpha value is -1.41. The standard InChI is InChI=1S/C13H21N3O4S/c1-3-11-14-8-12(15-11)21(18,19)16-7-5-6-10(9-16)13(17)20-4-2/h8,10H,3-7,9H2,1-2H3,(H,14,15). The van der Waals surface area contributed by atoms with Gasteiger partial charge in [-0.3, -0.25) is 4.79 Å². The number of nitrogens with zero attached hydrogens (tertiary/aromatic N) is 2. The van der Waals surface area contributed by atoms with Gasteiger partial charge >= 0.3 is 5.97 Å². The molecule has 1 unspecified atom stereocenters. The number of ether oxygens (including phenoxy) is 1. The van der Waals surface area contributed by atoms with Gasteiger partial charge in [-0.2, -0.15) is 4.31 Å². The molecular formula is C13H21N3O4S. The summed E-state index contributed by atoms with van der Waals surface area (Å²) in [5.74, 6) is -0.0779. The molecule has 1 atom stereocenters. The smallest absolute Gasteiger partial charge is 0.310 e. The van der Waals surface area contributed by atoms with Crippen molar-refractivity contribution < 1.29 is 17.9 Å². The summed E-state index contributed by atoms with van der Waals surface area (Å²) < 4.78 is 31.4. The normalized spacial score (nSPS) is 20.4. The van der Waals surface area contributed by atoms with Crippen LogP contribution in [0.4, 0.5) is 0 Å². The molecule has 1 aliphatic heterocycles. The van der Waals surface area contributed by atoms with Crippen LogP contribution in [0.2, 0.25) is 0 Å². The number of sulfonamides is 1. The molecule has 1 aromatic rings. The van der Waals surface area contributed by atoms with Gasteiger partial charge in [0.1, 0.15) is 5.82 Å². The molecule has 1 aliphatic rings. The predicted octanol–water partition coefficient (Wildman–Crippen LogP) is 0.936. The molecule has 1 N–H and O–H groups in total.